The molecule has 1 fully saturated rings. The molecular formula is C12H17BFNO2. The van der Waals surface area contributed by atoms with Gasteiger partial charge in [0.05, 0.1) is 0 Å². The first-order chi connectivity index (χ1) is 8.11. The van der Waals surface area contributed by atoms with Gasteiger partial charge in [-0.2, -0.15) is 0 Å². The molecule has 0 saturated heterocycles. The second-order valence-corrected chi connectivity index (χ2v) is 4.52. The van der Waals surface area contributed by atoms with Crippen LogP contribution in [0.5, 0.6) is 0 Å². The van der Waals surface area contributed by atoms with E-state index >= 15 is 0 Å². The average Bonchev–Trinajstić information content (AvgIpc) is 3.11. The lowest BCUT2D eigenvalue weighted by Gasteiger charge is -2.20. The molecule has 92 valence electrons. The van der Waals surface area contributed by atoms with Gasteiger partial charge in [0.2, 0.25) is 0 Å². The molecule has 1 saturated carbocycles. The van der Waals surface area contributed by atoms with Crippen molar-refractivity contribution < 1.29 is 14.4 Å². The molecule has 2 N–H and O–H groups in total. The van der Waals surface area contributed by atoms with Crippen molar-refractivity contribution >= 4 is 12.6 Å². The third-order valence-corrected chi connectivity index (χ3v) is 3.19. The summed E-state index contributed by atoms with van der Waals surface area (Å²) in [7, 11) is -1.74. The van der Waals surface area contributed by atoms with Gasteiger partial charge in [0, 0.05) is 18.0 Å². The Labute approximate surface area is 101 Å². The largest absolute Gasteiger partial charge is 0.491 e. The van der Waals surface area contributed by atoms with E-state index in [0.717, 1.165) is 18.7 Å². The van der Waals surface area contributed by atoms with Crippen LogP contribution in [0, 0.1) is 5.82 Å². The fourth-order valence-electron chi connectivity index (χ4n) is 2.06. The Morgan fingerprint density at radius 2 is 2.12 bits per heavy atom. The lowest BCUT2D eigenvalue weighted by Crippen LogP contribution is -2.34. The number of benzene rings is 1. The van der Waals surface area contributed by atoms with E-state index in [4.69, 9.17) is 10.0 Å². The predicted octanol–water partition coefficient (Wildman–Crippen LogP) is 0.490. The summed E-state index contributed by atoms with van der Waals surface area (Å²) >= 11 is 0. The molecule has 0 heterocycles. The van der Waals surface area contributed by atoms with Crippen LogP contribution in [0.25, 0.3) is 0 Å². The molecule has 5 heteroatoms. The third kappa shape index (κ3) is 3.06. The zero-order chi connectivity index (χ0) is 12.4. The Bertz CT molecular complexity index is 396. The van der Waals surface area contributed by atoms with Gasteiger partial charge in [-0.15, -0.1) is 0 Å². The fraction of sp³-hybridized carbons (Fsp3) is 0.500. The van der Waals surface area contributed by atoms with Gasteiger partial charge in [0.1, 0.15) is 5.82 Å². The highest BCUT2D eigenvalue weighted by Gasteiger charge is 2.28. The topological polar surface area (TPSA) is 43.7 Å². The minimum Gasteiger partial charge on any atom is -0.423 e. The zero-order valence-corrected chi connectivity index (χ0v) is 9.93. The molecule has 17 heavy (non-hydrogen) atoms. The Balaban J connectivity index is 2.12. The maximum Gasteiger partial charge on any atom is 0.491 e. The van der Waals surface area contributed by atoms with Gasteiger partial charge in [-0.05, 0) is 31.0 Å². The van der Waals surface area contributed by atoms with Crippen LogP contribution in [0.15, 0.2) is 18.2 Å². The molecule has 1 aromatic carbocycles. The summed E-state index contributed by atoms with van der Waals surface area (Å²) in [5, 5.41) is 18.1. The molecule has 0 bridgehead atoms. The Hall–Kier alpha value is -0.905. The van der Waals surface area contributed by atoms with Crippen molar-refractivity contribution in [3.8, 4) is 0 Å². The Kier molecular flexibility index (Phi) is 3.81. The lowest BCUT2D eigenvalue weighted by molar-refractivity contribution is 0.269. The molecule has 0 aliphatic heterocycles. The summed E-state index contributed by atoms with van der Waals surface area (Å²) < 4.78 is 13.3. The lowest BCUT2D eigenvalue weighted by atomic mass is 9.79. The highest BCUT2D eigenvalue weighted by Crippen LogP contribution is 2.27. The van der Waals surface area contributed by atoms with E-state index in [1.165, 1.54) is 25.0 Å². The summed E-state index contributed by atoms with van der Waals surface area (Å²) in [5.74, 6) is -0.571. The molecule has 0 atom stereocenters. The van der Waals surface area contributed by atoms with Crippen LogP contribution in [0.4, 0.5) is 4.39 Å². The van der Waals surface area contributed by atoms with Crippen molar-refractivity contribution in [3.05, 3.63) is 29.6 Å². The first-order valence-electron chi connectivity index (χ1n) is 6.00. The van der Waals surface area contributed by atoms with Crippen LogP contribution in [0.1, 0.15) is 25.3 Å². The summed E-state index contributed by atoms with van der Waals surface area (Å²) in [5.41, 5.74) is 0.873. The van der Waals surface area contributed by atoms with Crippen LogP contribution in [0.3, 0.4) is 0 Å². The number of halogens is 1. The van der Waals surface area contributed by atoms with Gasteiger partial charge in [-0.1, -0.05) is 19.1 Å². The van der Waals surface area contributed by atoms with E-state index in [-0.39, 0.29) is 5.46 Å². The standard InChI is InChI=1S/C12H17BFNO2/c1-2-15(10-4-5-10)8-9-3-6-12(14)11(7-9)13(16)17/h3,6-7,10,16-17H,2,4-5,8H2,1H3. The number of nitrogens with zero attached hydrogens (tertiary/aromatic N) is 1. The van der Waals surface area contributed by atoms with E-state index in [1.54, 1.807) is 6.07 Å². The molecular weight excluding hydrogens is 220 g/mol. The smallest absolute Gasteiger partial charge is 0.423 e. The SMILES string of the molecule is CCN(Cc1ccc(F)c(B(O)O)c1)C1CC1. The highest BCUT2D eigenvalue weighted by molar-refractivity contribution is 6.58. The molecule has 1 aromatic rings. The summed E-state index contributed by atoms with van der Waals surface area (Å²) in [4.78, 5) is 2.32. The summed E-state index contributed by atoms with van der Waals surface area (Å²) in [6.45, 7) is 3.80. The predicted molar refractivity (Wildman–Crippen MR) is 65.3 cm³/mol. The van der Waals surface area contributed by atoms with Crippen molar-refractivity contribution in [1.29, 1.82) is 0 Å². The molecule has 2 rings (SSSR count). The van der Waals surface area contributed by atoms with Crippen molar-refractivity contribution in [3.63, 3.8) is 0 Å². The van der Waals surface area contributed by atoms with Gasteiger partial charge >= 0.3 is 7.12 Å². The molecule has 0 unspecified atom stereocenters. The van der Waals surface area contributed by atoms with Gasteiger partial charge in [0.25, 0.3) is 0 Å². The van der Waals surface area contributed by atoms with Crippen molar-refractivity contribution in [2.75, 3.05) is 6.54 Å². The van der Waals surface area contributed by atoms with E-state index in [2.05, 4.69) is 11.8 Å². The van der Waals surface area contributed by atoms with Crippen LogP contribution in [-0.2, 0) is 6.54 Å². The minimum atomic E-state index is -1.74. The summed E-state index contributed by atoms with van der Waals surface area (Å²) in [6.07, 6.45) is 2.45. The molecule has 1 aliphatic carbocycles. The van der Waals surface area contributed by atoms with E-state index in [9.17, 15) is 4.39 Å². The van der Waals surface area contributed by atoms with Crippen LogP contribution >= 0.6 is 0 Å². The quantitative estimate of drug-likeness (QED) is 0.732. The van der Waals surface area contributed by atoms with Gasteiger partial charge in [-0.3, -0.25) is 4.90 Å². The van der Waals surface area contributed by atoms with Crippen molar-refractivity contribution in [1.82, 2.24) is 4.90 Å². The first-order valence-corrected chi connectivity index (χ1v) is 6.00. The normalized spacial score (nSPS) is 15.4. The Morgan fingerprint density at radius 3 is 2.65 bits per heavy atom. The molecule has 0 amide bonds. The number of hydrogen-bond acceptors (Lipinski definition) is 3. The molecule has 0 spiro atoms. The highest BCUT2D eigenvalue weighted by atomic mass is 19.1. The third-order valence-electron chi connectivity index (χ3n) is 3.19. The molecule has 0 radical (unpaired) electrons. The fourth-order valence-corrected chi connectivity index (χ4v) is 2.06. The maximum absolute atomic E-state index is 13.3. The van der Waals surface area contributed by atoms with Crippen LogP contribution in [0.2, 0.25) is 0 Å². The van der Waals surface area contributed by atoms with Gasteiger partial charge in [0.15, 0.2) is 0 Å². The number of hydrogen-bond donors (Lipinski definition) is 2. The van der Waals surface area contributed by atoms with E-state index < -0.39 is 12.9 Å². The monoisotopic (exact) mass is 237 g/mol. The van der Waals surface area contributed by atoms with Crippen molar-refractivity contribution in [2.24, 2.45) is 0 Å². The second kappa shape index (κ2) is 5.17. The van der Waals surface area contributed by atoms with Crippen molar-refractivity contribution in [2.45, 2.75) is 32.4 Å². The molecule has 0 aromatic heterocycles. The maximum atomic E-state index is 13.3. The average molecular weight is 237 g/mol. The second-order valence-electron chi connectivity index (χ2n) is 4.52. The Morgan fingerprint density at radius 1 is 1.41 bits per heavy atom. The summed E-state index contributed by atoms with van der Waals surface area (Å²) in [6, 6.07) is 5.18. The van der Waals surface area contributed by atoms with E-state index in [0.29, 0.717) is 6.04 Å². The van der Waals surface area contributed by atoms with Crippen LogP contribution < -0.4 is 5.46 Å². The molecule has 3 nitrogen and oxygen atoms in total. The molecule has 1 aliphatic rings. The van der Waals surface area contributed by atoms with Gasteiger partial charge < -0.3 is 10.0 Å². The number of rotatable bonds is 5. The minimum absolute atomic E-state index is 0.0469. The van der Waals surface area contributed by atoms with Crippen LogP contribution in [-0.4, -0.2) is 34.7 Å². The van der Waals surface area contributed by atoms with E-state index in [1.807, 2.05) is 0 Å². The van der Waals surface area contributed by atoms with Gasteiger partial charge in [-0.25, -0.2) is 4.39 Å². The zero-order valence-electron chi connectivity index (χ0n) is 9.93. The first kappa shape index (κ1) is 12.5.